The van der Waals surface area contributed by atoms with Crippen molar-refractivity contribution in [3.8, 4) is 5.75 Å². The first kappa shape index (κ1) is 13.8. The van der Waals surface area contributed by atoms with Gasteiger partial charge in [0.2, 0.25) is 0 Å². The Morgan fingerprint density at radius 2 is 1.65 bits per heavy atom. The lowest BCUT2D eigenvalue weighted by atomic mass is 9.98. The number of nitrogens with two attached hydrogens (primary N) is 1. The molecule has 3 heteroatoms. The summed E-state index contributed by atoms with van der Waals surface area (Å²) in [6, 6.07) is 5.59. The van der Waals surface area contributed by atoms with Gasteiger partial charge in [-0.05, 0) is 65.3 Å². The second-order valence-corrected chi connectivity index (χ2v) is 6.13. The molecule has 0 bridgehead atoms. The molecule has 0 saturated carbocycles. The molecular formula is C14H24N2O. The fraction of sp³-hybridized carbons (Fsp3) is 0.571. The van der Waals surface area contributed by atoms with Crippen molar-refractivity contribution in [1.29, 1.82) is 0 Å². The summed E-state index contributed by atoms with van der Waals surface area (Å²) < 4.78 is 0. The highest BCUT2D eigenvalue weighted by Gasteiger charge is 2.32. The lowest BCUT2D eigenvalue weighted by Crippen LogP contribution is -2.59. The number of aromatic hydroxyl groups is 1. The van der Waals surface area contributed by atoms with E-state index in [0.29, 0.717) is 5.75 Å². The molecule has 0 heterocycles. The second kappa shape index (κ2) is 4.22. The fourth-order valence-corrected chi connectivity index (χ4v) is 2.36. The zero-order valence-corrected chi connectivity index (χ0v) is 11.7. The van der Waals surface area contributed by atoms with Crippen molar-refractivity contribution < 1.29 is 5.11 Å². The standard InChI is InChI=1S/C14H24N2O/c1-10-9-11(7-8-12(10)17)16(13(2,3)4)14(5,6)15/h7-9,17H,15H2,1-6H3. The molecule has 0 unspecified atom stereocenters. The number of rotatable bonds is 2. The fourth-order valence-electron chi connectivity index (χ4n) is 2.36. The van der Waals surface area contributed by atoms with Crippen LogP contribution in [-0.4, -0.2) is 16.3 Å². The Labute approximate surface area is 104 Å². The van der Waals surface area contributed by atoms with Crippen LogP contribution in [0.15, 0.2) is 18.2 Å². The van der Waals surface area contributed by atoms with Gasteiger partial charge >= 0.3 is 0 Å². The number of phenolic OH excluding ortho intramolecular Hbond substituents is 1. The second-order valence-electron chi connectivity index (χ2n) is 6.13. The highest BCUT2D eigenvalue weighted by Crippen LogP contribution is 2.32. The van der Waals surface area contributed by atoms with Gasteiger partial charge in [-0.15, -0.1) is 0 Å². The SMILES string of the molecule is Cc1cc(N(C(C)(C)C)C(C)(C)N)ccc1O. The van der Waals surface area contributed by atoms with Crippen LogP contribution >= 0.6 is 0 Å². The van der Waals surface area contributed by atoms with Gasteiger partial charge in [0.1, 0.15) is 5.75 Å². The molecular weight excluding hydrogens is 212 g/mol. The van der Waals surface area contributed by atoms with E-state index in [2.05, 4.69) is 25.7 Å². The van der Waals surface area contributed by atoms with E-state index in [9.17, 15) is 5.11 Å². The minimum Gasteiger partial charge on any atom is -0.508 e. The quantitative estimate of drug-likeness (QED) is 0.776. The van der Waals surface area contributed by atoms with Crippen LogP contribution in [0, 0.1) is 6.92 Å². The Morgan fingerprint density at radius 1 is 1.12 bits per heavy atom. The molecule has 0 aliphatic heterocycles. The molecule has 1 rings (SSSR count). The van der Waals surface area contributed by atoms with Crippen molar-refractivity contribution in [3.63, 3.8) is 0 Å². The first-order valence-corrected chi connectivity index (χ1v) is 5.92. The van der Waals surface area contributed by atoms with Crippen molar-refractivity contribution in [2.45, 2.75) is 52.7 Å². The maximum Gasteiger partial charge on any atom is 0.118 e. The average Bonchev–Trinajstić information content (AvgIpc) is 2.06. The van der Waals surface area contributed by atoms with Crippen molar-refractivity contribution in [3.05, 3.63) is 23.8 Å². The van der Waals surface area contributed by atoms with E-state index in [0.717, 1.165) is 11.3 Å². The Bertz CT molecular complexity index is 386. The maximum absolute atomic E-state index is 9.58. The van der Waals surface area contributed by atoms with E-state index in [1.165, 1.54) is 0 Å². The van der Waals surface area contributed by atoms with Gasteiger partial charge in [-0.2, -0.15) is 0 Å². The third kappa shape index (κ3) is 3.13. The third-order valence-corrected chi connectivity index (χ3v) is 2.69. The summed E-state index contributed by atoms with van der Waals surface area (Å²) in [7, 11) is 0. The molecule has 0 aliphatic rings. The van der Waals surface area contributed by atoms with Gasteiger partial charge in [0.25, 0.3) is 0 Å². The van der Waals surface area contributed by atoms with Crippen molar-refractivity contribution in [2.75, 3.05) is 4.90 Å². The summed E-state index contributed by atoms with van der Waals surface area (Å²) in [5, 5.41) is 9.58. The maximum atomic E-state index is 9.58. The molecule has 0 atom stereocenters. The minimum absolute atomic E-state index is 0.0817. The molecule has 0 spiro atoms. The Balaban J connectivity index is 3.29. The molecule has 1 aromatic rings. The zero-order valence-electron chi connectivity index (χ0n) is 11.7. The van der Waals surface area contributed by atoms with Gasteiger partial charge in [0.05, 0.1) is 5.66 Å². The number of anilines is 1. The van der Waals surface area contributed by atoms with E-state index in [1.807, 2.05) is 32.9 Å². The summed E-state index contributed by atoms with van der Waals surface area (Å²) in [5.41, 5.74) is 7.60. The summed E-state index contributed by atoms with van der Waals surface area (Å²) in [5.74, 6) is 0.317. The van der Waals surface area contributed by atoms with Crippen LogP contribution in [0.25, 0.3) is 0 Å². The Morgan fingerprint density at radius 3 is 2.00 bits per heavy atom. The van der Waals surface area contributed by atoms with Gasteiger partial charge in [-0.25, -0.2) is 0 Å². The normalized spacial score (nSPS) is 12.6. The molecule has 0 fully saturated rings. The van der Waals surface area contributed by atoms with Crippen LogP contribution in [0.2, 0.25) is 0 Å². The predicted molar refractivity (Wildman–Crippen MR) is 73.3 cm³/mol. The Hall–Kier alpha value is -1.22. The number of nitrogens with zero attached hydrogens (tertiary/aromatic N) is 1. The highest BCUT2D eigenvalue weighted by molar-refractivity contribution is 5.55. The van der Waals surface area contributed by atoms with Gasteiger partial charge in [0, 0.05) is 11.2 Å². The van der Waals surface area contributed by atoms with Crippen LogP contribution in [0.4, 0.5) is 5.69 Å². The minimum atomic E-state index is -0.457. The zero-order chi connectivity index (χ0) is 13.4. The molecule has 0 saturated heterocycles. The molecule has 0 aromatic heterocycles. The summed E-state index contributed by atoms with van der Waals surface area (Å²) in [4.78, 5) is 2.16. The molecule has 17 heavy (non-hydrogen) atoms. The average molecular weight is 236 g/mol. The van der Waals surface area contributed by atoms with Crippen molar-refractivity contribution in [2.24, 2.45) is 5.73 Å². The van der Waals surface area contributed by atoms with E-state index in [4.69, 9.17) is 5.73 Å². The van der Waals surface area contributed by atoms with Crippen molar-refractivity contribution in [1.82, 2.24) is 0 Å². The smallest absolute Gasteiger partial charge is 0.118 e. The van der Waals surface area contributed by atoms with E-state index in [-0.39, 0.29) is 5.54 Å². The van der Waals surface area contributed by atoms with E-state index >= 15 is 0 Å². The molecule has 0 aliphatic carbocycles. The number of phenols is 1. The van der Waals surface area contributed by atoms with Crippen molar-refractivity contribution >= 4 is 5.69 Å². The first-order valence-electron chi connectivity index (χ1n) is 5.92. The van der Waals surface area contributed by atoms with Crippen LogP contribution in [0.5, 0.6) is 5.75 Å². The summed E-state index contributed by atoms with van der Waals surface area (Å²) in [6.45, 7) is 12.3. The largest absolute Gasteiger partial charge is 0.508 e. The van der Waals surface area contributed by atoms with E-state index in [1.54, 1.807) is 6.07 Å². The van der Waals surface area contributed by atoms with Gasteiger partial charge in [0.15, 0.2) is 0 Å². The molecule has 0 radical (unpaired) electrons. The van der Waals surface area contributed by atoms with Crippen LogP contribution in [-0.2, 0) is 0 Å². The van der Waals surface area contributed by atoms with Crippen LogP contribution in [0.1, 0.15) is 40.2 Å². The number of hydrogen-bond acceptors (Lipinski definition) is 3. The monoisotopic (exact) mass is 236 g/mol. The number of aryl methyl sites for hydroxylation is 1. The number of benzene rings is 1. The van der Waals surface area contributed by atoms with Crippen LogP contribution < -0.4 is 10.6 Å². The molecule has 3 nitrogen and oxygen atoms in total. The lowest BCUT2D eigenvalue weighted by molar-refractivity contribution is 0.366. The molecule has 1 aromatic carbocycles. The van der Waals surface area contributed by atoms with Gasteiger partial charge < -0.3 is 15.7 Å². The lowest BCUT2D eigenvalue weighted by Gasteiger charge is -2.47. The van der Waals surface area contributed by atoms with Gasteiger partial charge in [-0.3, -0.25) is 0 Å². The Kier molecular flexibility index (Phi) is 3.44. The topological polar surface area (TPSA) is 49.5 Å². The molecule has 96 valence electrons. The third-order valence-electron chi connectivity index (χ3n) is 2.69. The molecule has 3 N–H and O–H groups in total. The highest BCUT2D eigenvalue weighted by atomic mass is 16.3. The number of hydrogen-bond donors (Lipinski definition) is 2. The predicted octanol–water partition coefficient (Wildman–Crippen LogP) is 3.00. The van der Waals surface area contributed by atoms with Crippen LogP contribution in [0.3, 0.4) is 0 Å². The van der Waals surface area contributed by atoms with Gasteiger partial charge in [-0.1, -0.05) is 0 Å². The summed E-state index contributed by atoms with van der Waals surface area (Å²) >= 11 is 0. The summed E-state index contributed by atoms with van der Waals surface area (Å²) in [6.07, 6.45) is 0. The first-order chi connectivity index (χ1) is 7.53. The van der Waals surface area contributed by atoms with E-state index < -0.39 is 5.66 Å². The molecule has 0 amide bonds.